The van der Waals surface area contributed by atoms with E-state index in [2.05, 4.69) is 21.3 Å². The van der Waals surface area contributed by atoms with Gasteiger partial charge in [0.15, 0.2) is 0 Å². The van der Waals surface area contributed by atoms with Crippen molar-refractivity contribution < 1.29 is 9.59 Å². The lowest BCUT2D eigenvalue weighted by Gasteiger charge is -2.37. The minimum atomic E-state index is -0.0382. The molecule has 4 aromatic rings. The third kappa shape index (κ3) is 5.70. The molecule has 2 fully saturated rings. The zero-order valence-corrected chi connectivity index (χ0v) is 21.9. The number of aromatic nitrogens is 2. The first kappa shape index (κ1) is 24.9. The Hall–Kier alpha value is -4.46. The third-order valence-corrected chi connectivity index (χ3v) is 7.49. The van der Waals surface area contributed by atoms with Crippen LogP contribution in [-0.4, -0.2) is 71.0 Å². The summed E-state index contributed by atoms with van der Waals surface area (Å²) >= 11 is 0. The molecular formula is C31H32N6O2. The van der Waals surface area contributed by atoms with Crippen LogP contribution >= 0.6 is 0 Å². The molecule has 8 heteroatoms. The third-order valence-electron chi connectivity index (χ3n) is 7.49. The highest BCUT2D eigenvalue weighted by atomic mass is 16.2. The minimum absolute atomic E-state index is 0.0382. The van der Waals surface area contributed by atoms with E-state index in [9.17, 15) is 9.59 Å². The van der Waals surface area contributed by atoms with E-state index in [1.807, 2.05) is 82.7 Å². The summed E-state index contributed by atoms with van der Waals surface area (Å²) in [4.78, 5) is 40.8. The lowest BCUT2D eigenvalue weighted by Crippen LogP contribution is -2.52. The molecule has 2 aliphatic heterocycles. The zero-order chi connectivity index (χ0) is 26.6. The maximum atomic E-state index is 12.7. The van der Waals surface area contributed by atoms with E-state index < -0.39 is 0 Å². The molecular weight excluding hydrogens is 488 g/mol. The summed E-state index contributed by atoms with van der Waals surface area (Å²) in [6.07, 6.45) is 4.39. The summed E-state index contributed by atoms with van der Waals surface area (Å²) in [6, 6.07) is 23.8. The number of amides is 3. The highest BCUT2D eigenvalue weighted by Gasteiger charge is 2.27. The average Bonchev–Trinajstić information content (AvgIpc) is 3.52. The molecule has 0 atom stereocenters. The molecule has 0 aliphatic carbocycles. The molecule has 1 aromatic heterocycles. The second-order valence-electron chi connectivity index (χ2n) is 10.2. The molecule has 3 aromatic carbocycles. The molecule has 198 valence electrons. The van der Waals surface area contributed by atoms with Crippen LogP contribution in [0.25, 0.3) is 22.2 Å². The largest absolute Gasteiger partial charge is 0.352 e. The quantitative estimate of drug-likeness (QED) is 0.408. The standard InChI is InChI=1S/C31H32N6O2/c38-30(20-23-6-2-1-3-7-23)33-26-11-8-24(9-12-26)25-10-13-27-28(21-25)34-29(22-32-27)35-16-18-37(19-17-35)31(39)36-14-4-5-15-36/h1-3,6-13,21-22H,4-5,14-20H2,(H,33,38). The van der Waals surface area contributed by atoms with Gasteiger partial charge < -0.3 is 20.0 Å². The number of likely N-dealkylation sites (tertiary alicyclic amines) is 1. The van der Waals surface area contributed by atoms with Crippen LogP contribution in [0, 0.1) is 0 Å². The highest BCUT2D eigenvalue weighted by Crippen LogP contribution is 2.26. The number of nitrogens with one attached hydrogen (secondary N) is 1. The van der Waals surface area contributed by atoms with Crippen LogP contribution < -0.4 is 10.2 Å². The van der Waals surface area contributed by atoms with Crippen LogP contribution in [0.5, 0.6) is 0 Å². The van der Waals surface area contributed by atoms with Gasteiger partial charge in [0.25, 0.3) is 0 Å². The summed E-state index contributed by atoms with van der Waals surface area (Å²) in [7, 11) is 0. The number of nitrogens with zero attached hydrogens (tertiary/aromatic N) is 5. The first-order valence-corrected chi connectivity index (χ1v) is 13.6. The van der Waals surface area contributed by atoms with Crippen molar-refractivity contribution in [2.75, 3.05) is 49.5 Å². The van der Waals surface area contributed by atoms with Crippen LogP contribution in [-0.2, 0) is 11.2 Å². The molecule has 8 nitrogen and oxygen atoms in total. The van der Waals surface area contributed by atoms with Crippen LogP contribution in [0.2, 0.25) is 0 Å². The Bertz CT molecular complexity index is 1460. The Morgan fingerprint density at radius 1 is 0.744 bits per heavy atom. The van der Waals surface area contributed by atoms with E-state index in [0.29, 0.717) is 19.5 Å². The van der Waals surface area contributed by atoms with Gasteiger partial charge in [-0.1, -0.05) is 48.5 Å². The van der Waals surface area contributed by atoms with Crippen molar-refractivity contribution in [1.29, 1.82) is 0 Å². The predicted molar refractivity (Wildman–Crippen MR) is 154 cm³/mol. The fraction of sp³-hybridized carbons (Fsp3) is 0.290. The number of benzene rings is 3. The lowest BCUT2D eigenvalue weighted by atomic mass is 10.0. The molecule has 0 unspecified atom stereocenters. The van der Waals surface area contributed by atoms with Crippen molar-refractivity contribution in [3.63, 3.8) is 0 Å². The van der Waals surface area contributed by atoms with Gasteiger partial charge in [0.2, 0.25) is 5.91 Å². The van der Waals surface area contributed by atoms with Gasteiger partial charge in [-0.15, -0.1) is 0 Å². The molecule has 39 heavy (non-hydrogen) atoms. The maximum Gasteiger partial charge on any atom is 0.320 e. The van der Waals surface area contributed by atoms with Crippen molar-refractivity contribution in [2.45, 2.75) is 19.3 Å². The summed E-state index contributed by atoms with van der Waals surface area (Å²) in [5.41, 5.74) is 5.51. The number of hydrogen-bond donors (Lipinski definition) is 1. The van der Waals surface area contributed by atoms with Gasteiger partial charge in [-0.25, -0.2) is 9.78 Å². The Kier molecular flexibility index (Phi) is 7.08. The number of urea groups is 1. The normalized spacial score (nSPS) is 15.5. The Morgan fingerprint density at radius 3 is 2.18 bits per heavy atom. The first-order valence-electron chi connectivity index (χ1n) is 13.6. The molecule has 2 aliphatic rings. The molecule has 3 heterocycles. The SMILES string of the molecule is O=C(Cc1ccccc1)Nc1ccc(-c2ccc3ncc(N4CCN(C(=O)N5CCCC5)CC4)nc3c2)cc1. The minimum Gasteiger partial charge on any atom is -0.352 e. The molecule has 3 amide bonds. The van der Waals surface area contributed by atoms with Gasteiger partial charge in [-0.2, -0.15) is 0 Å². The number of hydrogen-bond acceptors (Lipinski definition) is 5. The van der Waals surface area contributed by atoms with E-state index in [0.717, 1.165) is 78.2 Å². The fourth-order valence-electron chi connectivity index (χ4n) is 5.30. The summed E-state index contributed by atoms with van der Waals surface area (Å²) in [5.74, 6) is 0.799. The monoisotopic (exact) mass is 520 g/mol. The van der Waals surface area contributed by atoms with Crippen molar-refractivity contribution in [2.24, 2.45) is 0 Å². The average molecular weight is 521 g/mol. The van der Waals surface area contributed by atoms with E-state index >= 15 is 0 Å². The van der Waals surface area contributed by atoms with E-state index in [1.54, 1.807) is 0 Å². The van der Waals surface area contributed by atoms with E-state index in [-0.39, 0.29) is 11.9 Å². The number of carbonyl (C=O) groups excluding carboxylic acids is 2. The highest BCUT2D eigenvalue weighted by molar-refractivity contribution is 5.92. The van der Waals surface area contributed by atoms with Crippen molar-refractivity contribution in [1.82, 2.24) is 19.8 Å². The van der Waals surface area contributed by atoms with Crippen molar-refractivity contribution in [3.8, 4) is 11.1 Å². The van der Waals surface area contributed by atoms with Gasteiger partial charge in [0.1, 0.15) is 5.82 Å². The number of carbonyl (C=O) groups is 2. The van der Waals surface area contributed by atoms with Gasteiger partial charge in [0.05, 0.1) is 23.7 Å². The lowest BCUT2D eigenvalue weighted by molar-refractivity contribution is -0.115. The van der Waals surface area contributed by atoms with Crippen molar-refractivity contribution >= 4 is 34.5 Å². The number of piperazine rings is 1. The molecule has 2 saturated heterocycles. The predicted octanol–water partition coefficient (Wildman–Crippen LogP) is 4.82. The van der Waals surface area contributed by atoms with Gasteiger partial charge in [-0.3, -0.25) is 9.78 Å². The van der Waals surface area contributed by atoms with E-state index in [1.165, 1.54) is 0 Å². The molecule has 1 N–H and O–H groups in total. The van der Waals surface area contributed by atoms with E-state index in [4.69, 9.17) is 4.98 Å². The van der Waals surface area contributed by atoms with Crippen LogP contribution in [0.15, 0.2) is 79.0 Å². The number of fused-ring (bicyclic) bond motifs is 1. The van der Waals surface area contributed by atoms with Crippen LogP contribution in [0.1, 0.15) is 18.4 Å². The second-order valence-corrected chi connectivity index (χ2v) is 10.2. The number of anilines is 2. The Labute approximate surface area is 228 Å². The Balaban J connectivity index is 1.11. The van der Waals surface area contributed by atoms with Crippen LogP contribution in [0.3, 0.4) is 0 Å². The maximum absolute atomic E-state index is 12.7. The van der Waals surface area contributed by atoms with Gasteiger partial charge in [-0.05, 0) is 53.8 Å². The Morgan fingerprint density at radius 2 is 1.44 bits per heavy atom. The molecule has 0 spiro atoms. The zero-order valence-electron chi connectivity index (χ0n) is 21.9. The smallest absolute Gasteiger partial charge is 0.320 e. The second kappa shape index (κ2) is 11.1. The molecule has 6 rings (SSSR count). The van der Waals surface area contributed by atoms with Gasteiger partial charge >= 0.3 is 6.03 Å². The fourth-order valence-corrected chi connectivity index (χ4v) is 5.30. The molecule has 0 saturated carbocycles. The summed E-state index contributed by atoms with van der Waals surface area (Å²) < 4.78 is 0. The van der Waals surface area contributed by atoms with Crippen molar-refractivity contribution in [3.05, 3.63) is 84.6 Å². The summed E-state index contributed by atoms with van der Waals surface area (Å²) in [6.45, 7) is 4.65. The van der Waals surface area contributed by atoms with Crippen LogP contribution in [0.4, 0.5) is 16.3 Å². The number of rotatable bonds is 5. The molecule has 0 radical (unpaired) electrons. The first-order chi connectivity index (χ1) is 19.1. The molecule has 0 bridgehead atoms. The topological polar surface area (TPSA) is 81.7 Å². The summed E-state index contributed by atoms with van der Waals surface area (Å²) in [5, 5.41) is 2.97. The van der Waals surface area contributed by atoms with Gasteiger partial charge in [0, 0.05) is 45.0 Å².